The number of hydrogen-bond donors (Lipinski definition) is 0. The van der Waals surface area contributed by atoms with Crippen molar-refractivity contribution >= 4 is 11.8 Å². The highest BCUT2D eigenvalue weighted by atomic mass is 32.2. The molecule has 0 fully saturated rings. The molecule has 124 valence electrons. The van der Waals surface area contributed by atoms with Crippen LogP contribution in [0.5, 0.6) is 0 Å². The molecule has 0 nitrogen and oxygen atoms in total. The number of rotatable bonds is 2. The fraction of sp³-hybridized carbons (Fsp3) is 0.545. The van der Waals surface area contributed by atoms with Gasteiger partial charge in [0.1, 0.15) is 0 Å². The van der Waals surface area contributed by atoms with Crippen molar-refractivity contribution in [3.63, 3.8) is 0 Å². The van der Waals surface area contributed by atoms with Gasteiger partial charge in [-0.15, -0.1) is 11.8 Å². The van der Waals surface area contributed by atoms with Crippen molar-refractivity contribution in [2.24, 2.45) is 11.3 Å². The number of hydrogen-bond acceptors (Lipinski definition) is 1. The van der Waals surface area contributed by atoms with Gasteiger partial charge in [0.2, 0.25) is 0 Å². The summed E-state index contributed by atoms with van der Waals surface area (Å²) >= 11 is 1.94. The van der Waals surface area contributed by atoms with E-state index in [9.17, 15) is 0 Å². The van der Waals surface area contributed by atoms with Gasteiger partial charge in [-0.3, -0.25) is 0 Å². The van der Waals surface area contributed by atoms with E-state index in [1.165, 1.54) is 36.0 Å². The Morgan fingerprint density at radius 2 is 1.83 bits per heavy atom. The summed E-state index contributed by atoms with van der Waals surface area (Å²) in [6.45, 7) is 11.8. The third kappa shape index (κ3) is 3.05. The third-order valence-electron chi connectivity index (χ3n) is 5.65. The maximum absolute atomic E-state index is 2.45. The Bertz CT molecular complexity index is 675. The molecule has 0 bridgehead atoms. The number of fused-ring (bicyclic) bond motifs is 3. The molecule has 1 heteroatoms. The van der Waals surface area contributed by atoms with Gasteiger partial charge in [0.15, 0.2) is 0 Å². The molecule has 0 aromatic carbocycles. The van der Waals surface area contributed by atoms with Gasteiger partial charge < -0.3 is 0 Å². The summed E-state index contributed by atoms with van der Waals surface area (Å²) in [4.78, 5) is 1.54. The second-order valence-electron chi connectivity index (χ2n) is 8.45. The summed E-state index contributed by atoms with van der Waals surface area (Å²) in [6, 6.07) is 9.38. The molecule has 1 unspecified atom stereocenters. The minimum Gasteiger partial charge on any atom is -0.129 e. The molecular weight excluding hydrogens is 296 g/mol. The lowest BCUT2D eigenvalue weighted by atomic mass is 9.71. The van der Waals surface area contributed by atoms with Gasteiger partial charge in [-0.05, 0) is 76.7 Å². The SMILES string of the molecule is CSc1c2cc(C(C)C)cccc-2c2c1CCC(C(C)(C)C)C2. The first-order chi connectivity index (χ1) is 10.8. The summed E-state index contributed by atoms with van der Waals surface area (Å²) in [5.41, 5.74) is 8.14. The summed E-state index contributed by atoms with van der Waals surface area (Å²) in [6.07, 6.45) is 6.08. The van der Waals surface area contributed by atoms with Crippen LogP contribution in [0.25, 0.3) is 11.1 Å². The highest BCUT2D eigenvalue weighted by Gasteiger charge is 2.33. The Balaban J connectivity index is 2.15. The maximum Gasteiger partial charge on any atom is 0.0183 e. The Morgan fingerprint density at radius 1 is 1.09 bits per heavy atom. The van der Waals surface area contributed by atoms with Gasteiger partial charge in [-0.2, -0.15) is 0 Å². The first-order valence-electron chi connectivity index (χ1n) is 8.94. The molecule has 3 aliphatic rings. The zero-order valence-electron chi connectivity index (χ0n) is 15.5. The predicted octanol–water partition coefficient (Wildman–Crippen LogP) is 6.79. The van der Waals surface area contributed by atoms with Crippen molar-refractivity contribution in [3.05, 3.63) is 41.0 Å². The topological polar surface area (TPSA) is 0 Å². The van der Waals surface area contributed by atoms with Crippen LogP contribution in [0.4, 0.5) is 0 Å². The number of thioether (sulfide) groups is 1. The van der Waals surface area contributed by atoms with E-state index in [4.69, 9.17) is 0 Å². The quantitative estimate of drug-likeness (QED) is 0.548. The molecule has 0 aromatic heterocycles. The summed E-state index contributed by atoms with van der Waals surface area (Å²) < 4.78 is 0. The van der Waals surface area contributed by atoms with Crippen molar-refractivity contribution in [1.29, 1.82) is 0 Å². The molecule has 3 rings (SSSR count). The van der Waals surface area contributed by atoms with Crippen molar-refractivity contribution in [2.75, 3.05) is 6.26 Å². The van der Waals surface area contributed by atoms with Gasteiger partial charge in [-0.25, -0.2) is 0 Å². The van der Waals surface area contributed by atoms with E-state index in [0.29, 0.717) is 11.3 Å². The van der Waals surface area contributed by atoms with Crippen molar-refractivity contribution in [1.82, 2.24) is 0 Å². The second kappa shape index (κ2) is 6.16. The predicted molar refractivity (Wildman–Crippen MR) is 104 cm³/mol. The van der Waals surface area contributed by atoms with Gasteiger partial charge >= 0.3 is 0 Å². The summed E-state index contributed by atoms with van der Waals surface area (Å²) in [5.74, 6) is 1.37. The van der Waals surface area contributed by atoms with Crippen LogP contribution in [0, 0.1) is 11.3 Å². The molecule has 0 heterocycles. The Labute approximate surface area is 146 Å². The van der Waals surface area contributed by atoms with Crippen LogP contribution in [0.2, 0.25) is 0 Å². The fourth-order valence-electron chi connectivity index (χ4n) is 4.05. The maximum atomic E-state index is 2.45. The molecule has 0 saturated carbocycles. The van der Waals surface area contributed by atoms with Crippen molar-refractivity contribution in [2.45, 2.75) is 64.7 Å². The van der Waals surface area contributed by atoms with E-state index in [-0.39, 0.29) is 0 Å². The van der Waals surface area contributed by atoms with Crippen LogP contribution in [0.3, 0.4) is 0 Å². The molecule has 0 saturated heterocycles. The average Bonchev–Trinajstić information content (AvgIpc) is 2.63. The summed E-state index contributed by atoms with van der Waals surface area (Å²) in [5, 5.41) is 0. The molecule has 0 radical (unpaired) electrons. The minimum absolute atomic E-state index is 0.404. The van der Waals surface area contributed by atoms with E-state index in [2.05, 4.69) is 65.1 Å². The Morgan fingerprint density at radius 3 is 2.43 bits per heavy atom. The first-order valence-corrected chi connectivity index (χ1v) is 10.2. The first kappa shape index (κ1) is 16.9. The highest BCUT2D eigenvalue weighted by Crippen LogP contribution is 2.48. The molecular formula is C22H30S. The molecule has 0 aliphatic heterocycles. The van der Waals surface area contributed by atoms with Crippen LogP contribution in [-0.2, 0) is 12.8 Å². The zero-order valence-corrected chi connectivity index (χ0v) is 16.3. The highest BCUT2D eigenvalue weighted by molar-refractivity contribution is 7.98. The normalized spacial score (nSPS) is 18.5. The smallest absolute Gasteiger partial charge is 0.0183 e. The van der Waals surface area contributed by atoms with Crippen LogP contribution >= 0.6 is 11.8 Å². The minimum atomic E-state index is 0.404. The van der Waals surface area contributed by atoms with Gasteiger partial charge in [-0.1, -0.05) is 52.8 Å². The molecule has 23 heavy (non-hydrogen) atoms. The van der Waals surface area contributed by atoms with Crippen LogP contribution < -0.4 is 0 Å². The molecule has 3 aliphatic carbocycles. The fourth-order valence-corrected chi connectivity index (χ4v) is 4.91. The molecule has 0 spiro atoms. The second-order valence-corrected chi connectivity index (χ2v) is 9.26. The monoisotopic (exact) mass is 326 g/mol. The zero-order chi connectivity index (χ0) is 16.8. The van der Waals surface area contributed by atoms with E-state index >= 15 is 0 Å². The van der Waals surface area contributed by atoms with Crippen LogP contribution in [0.15, 0.2) is 29.2 Å². The van der Waals surface area contributed by atoms with E-state index in [1.54, 1.807) is 16.0 Å². The molecule has 0 N–H and O–H groups in total. The molecule has 0 aromatic rings. The van der Waals surface area contributed by atoms with Gasteiger partial charge in [0.25, 0.3) is 0 Å². The third-order valence-corrected chi connectivity index (χ3v) is 6.52. The molecule has 1 atom stereocenters. The Kier molecular flexibility index (Phi) is 4.53. The van der Waals surface area contributed by atoms with Crippen LogP contribution in [0.1, 0.15) is 63.6 Å². The lowest BCUT2D eigenvalue weighted by Crippen LogP contribution is -2.26. The van der Waals surface area contributed by atoms with Gasteiger partial charge in [0, 0.05) is 4.90 Å². The standard InChI is InChI=1S/C22H30S/c1-14(2)15-8-7-9-17-19-13-16(22(3,4)5)10-11-18(19)21(23-6)20(17)12-15/h7-9,12,14,16H,10-11,13H2,1-6H3. The lowest BCUT2D eigenvalue weighted by Gasteiger charge is -2.34. The van der Waals surface area contributed by atoms with Crippen molar-refractivity contribution in [3.8, 4) is 11.1 Å². The molecule has 0 amide bonds. The van der Waals surface area contributed by atoms with Crippen molar-refractivity contribution < 1.29 is 0 Å². The van der Waals surface area contributed by atoms with E-state index in [0.717, 1.165) is 5.92 Å². The van der Waals surface area contributed by atoms with E-state index in [1.807, 2.05) is 11.8 Å². The van der Waals surface area contributed by atoms with Crippen LogP contribution in [-0.4, -0.2) is 6.26 Å². The Hall–Kier alpha value is -0.950. The average molecular weight is 327 g/mol. The lowest BCUT2D eigenvalue weighted by molar-refractivity contribution is 0.216. The van der Waals surface area contributed by atoms with Gasteiger partial charge in [0.05, 0.1) is 0 Å². The summed E-state index contributed by atoms with van der Waals surface area (Å²) in [7, 11) is 0. The van der Waals surface area contributed by atoms with E-state index < -0.39 is 0 Å². The largest absolute Gasteiger partial charge is 0.129 e.